The molecule has 1 amide bonds. The zero-order valence-electron chi connectivity index (χ0n) is 21.7. The van der Waals surface area contributed by atoms with Crippen molar-refractivity contribution in [3.05, 3.63) is 112 Å². The van der Waals surface area contributed by atoms with Crippen molar-refractivity contribution in [3.63, 3.8) is 0 Å². The summed E-state index contributed by atoms with van der Waals surface area (Å²) >= 11 is 6.33. The summed E-state index contributed by atoms with van der Waals surface area (Å²) in [5, 5.41) is 13.5. The third-order valence-corrected chi connectivity index (χ3v) is 7.28. The summed E-state index contributed by atoms with van der Waals surface area (Å²) < 4.78 is 5.23. The van der Waals surface area contributed by atoms with Crippen molar-refractivity contribution >= 4 is 45.5 Å². The van der Waals surface area contributed by atoms with Crippen LogP contribution in [0.15, 0.2) is 90.5 Å². The maximum absolute atomic E-state index is 13.7. The maximum Gasteiger partial charge on any atom is 0.300 e. The van der Waals surface area contributed by atoms with Crippen LogP contribution >= 0.6 is 11.6 Å². The van der Waals surface area contributed by atoms with Crippen LogP contribution in [-0.4, -0.2) is 23.9 Å². The van der Waals surface area contributed by atoms with Crippen LogP contribution < -0.4 is 9.64 Å². The molecule has 4 aromatic carbocycles. The topological polar surface area (TPSA) is 66.8 Å². The first kappa shape index (κ1) is 25.6. The zero-order chi connectivity index (χ0) is 27.2. The number of carbonyl (C=O) groups is 2. The van der Waals surface area contributed by atoms with Crippen LogP contribution in [0, 0.1) is 0 Å². The SMILES string of the molecule is COc1ccc(/C(O)=C2\C(=O)C(=O)N(c3cccc4ccccc34)C2c2ccc(C(C)(C)C)cc2)cc1Cl. The summed E-state index contributed by atoms with van der Waals surface area (Å²) in [6, 6.07) is 25.1. The molecule has 1 saturated heterocycles. The fourth-order valence-corrected chi connectivity index (χ4v) is 5.21. The minimum absolute atomic E-state index is 0.00711. The Bertz CT molecular complexity index is 1590. The number of ketones is 1. The molecular formula is C32H28ClNO4. The molecule has 0 spiro atoms. The Labute approximate surface area is 226 Å². The number of halogens is 1. The molecule has 6 heteroatoms. The average molecular weight is 526 g/mol. The third-order valence-electron chi connectivity index (χ3n) is 6.99. The van der Waals surface area contributed by atoms with Crippen molar-refractivity contribution in [1.82, 2.24) is 0 Å². The van der Waals surface area contributed by atoms with Crippen LogP contribution in [0.4, 0.5) is 5.69 Å². The van der Waals surface area contributed by atoms with Gasteiger partial charge in [-0.3, -0.25) is 14.5 Å². The van der Waals surface area contributed by atoms with Gasteiger partial charge in [0, 0.05) is 10.9 Å². The predicted octanol–water partition coefficient (Wildman–Crippen LogP) is 7.43. The summed E-state index contributed by atoms with van der Waals surface area (Å²) in [5.74, 6) is -1.31. The van der Waals surface area contributed by atoms with Crippen LogP contribution in [0.1, 0.15) is 43.5 Å². The van der Waals surface area contributed by atoms with Crippen LogP contribution in [0.5, 0.6) is 5.75 Å². The number of fused-ring (bicyclic) bond motifs is 1. The number of aliphatic hydroxyl groups excluding tert-OH is 1. The highest BCUT2D eigenvalue weighted by Crippen LogP contribution is 2.45. The number of ether oxygens (including phenoxy) is 1. The molecule has 4 aromatic rings. The van der Waals surface area contributed by atoms with Crippen molar-refractivity contribution in [2.45, 2.75) is 32.2 Å². The molecule has 38 heavy (non-hydrogen) atoms. The first-order chi connectivity index (χ1) is 18.1. The summed E-state index contributed by atoms with van der Waals surface area (Å²) in [7, 11) is 1.50. The molecule has 0 aromatic heterocycles. The number of aliphatic hydroxyl groups is 1. The molecule has 1 fully saturated rings. The lowest BCUT2D eigenvalue weighted by atomic mass is 9.85. The lowest BCUT2D eigenvalue weighted by Crippen LogP contribution is -2.29. The van der Waals surface area contributed by atoms with Gasteiger partial charge in [0.15, 0.2) is 0 Å². The number of nitrogens with zero attached hydrogens (tertiary/aromatic N) is 1. The molecule has 1 heterocycles. The molecular weight excluding hydrogens is 498 g/mol. The van der Waals surface area contributed by atoms with Gasteiger partial charge in [0.05, 0.1) is 29.4 Å². The van der Waals surface area contributed by atoms with E-state index in [0.29, 0.717) is 22.6 Å². The molecule has 1 aliphatic rings. The summed E-state index contributed by atoms with van der Waals surface area (Å²) in [6.45, 7) is 6.37. The van der Waals surface area contributed by atoms with E-state index in [9.17, 15) is 14.7 Å². The lowest BCUT2D eigenvalue weighted by molar-refractivity contribution is -0.132. The Morgan fingerprint density at radius 2 is 1.61 bits per heavy atom. The first-order valence-electron chi connectivity index (χ1n) is 12.3. The van der Waals surface area contributed by atoms with E-state index in [2.05, 4.69) is 20.8 Å². The van der Waals surface area contributed by atoms with Gasteiger partial charge < -0.3 is 9.84 Å². The van der Waals surface area contributed by atoms with Gasteiger partial charge in [-0.1, -0.05) is 93.0 Å². The average Bonchev–Trinajstić information content (AvgIpc) is 3.17. The molecule has 0 bridgehead atoms. The van der Waals surface area contributed by atoms with Crippen molar-refractivity contribution in [2.24, 2.45) is 0 Å². The van der Waals surface area contributed by atoms with E-state index >= 15 is 0 Å². The highest BCUT2D eigenvalue weighted by atomic mass is 35.5. The molecule has 5 rings (SSSR count). The van der Waals surface area contributed by atoms with Gasteiger partial charge in [-0.2, -0.15) is 0 Å². The monoisotopic (exact) mass is 525 g/mol. The molecule has 5 nitrogen and oxygen atoms in total. The fourth-order valence-electron chi connectivity index (χ4n) is 4.95. The molecule has 1 unspecified atom stereocenters. The highest BCUT2D eigenvalue weighted by Gasteiger charge is 2.47. The summed E-state index contributed by atoms with van der Waals surface area (Å²) in [4.78, 5) is 28.7. The van der Waals surface area contributed by atoms with Gasteiger partial charge in [0.25, 0.3) is 11.7 Å². The Balaban J connectivity index is 1.75. The Morgan fingerprint density at radius 3 is 2.26 bits per heavy atom. The lowest BCUT2D eigenvalue weighted by Gasteiger charge is -2.27. The normalized spacial score (nSPS) is 17.3. The third kappa shape index (κ3) is 4.33. The van der Waals surface area contributed by atoms with Gasteiger partial charge in [0.1, 0.15) is 11.5 Å². The second-order valence-corrected chi connectivity index (χ2v) is 10.8. The van der Waals surface area contributed by atoms with Crippen molar-refractivity contribution in [1.29, 1.82) is 0 Å². The fraction of sp³-hybridized carbons (Fsp3) is 0.188. The number of methoxy groups -OCH3 is 1. The van der Waals surface area contributed by atoms with E-state index < -0.39 is 17.7 Å². The molecule has 192 valence electrons. The van der Waals surface area contributed by atoms with E-state index in [-0.39, 0.29) is 21.8 Å². The van der Waals surface area contributed by atoms with Gasteiger partial charge in [-0.25, -0.2) is 0 Å². The largest absolute Gasteiger partial charge is 0.507 e. The Kier molecular flexibility index (Phi) is 6.49. The number of rotatable bonds is 4. The van der Waals surface area contributed by atoms with Crippen molar-refractivity contribution < 1.29 is 19.4 Å². The maximum atomic E-state index is 13.7. The number of hydrogen-bond acceptors (Lipinski definition) is 4. The van der Waals surface area contributed by atoms with Gasteiger partial charge in [0.2, 0.25) is 0 Å². The minimum Gasteiger partial charge on any atom is -0.507 e. The van der Waals surface area contributed by atoms with E-state index in [4.69, 9.17) is 16.3 Å². The molecule has 0 saturated carbocycles. The van der Waals surface area contributed by atoms with E-state index in [1.165, 1.54) is 18.1 Å². The van der Waals surface area contributed by atoms with E-state index in [1.807, 2.05) is 66.7 Å². The standard InChI is InChI=1S/C32H28ClNO4/c1-32(2,3)22-15-12-20(13-16-22)28-27(29(35)21-14-17-26(38-4)24(33)18-21)30(36)31(37)34(28)25-11-7-9-19-8-5-6-10-23(19)25/h5-18,28,35H,1-4H3/b29-27+. The number of hydrogen-bond donors (Lipinski definition) is 1. The van der Waals surface area contributed by atoms with Crippen molar-refractivity contribution in [2.75, 3.05) is 12.0 Å². The molecule has 1 N–H and O–H groups in total. The van der Waals surface area contributed by atoms with Crippen LogP contribution in [0.25, 0.3) is 16.5 Å². The summed E-state index contributed by atoms with van der Waals surface area (Å²) in [6.07, 6.45) is 0. The van der Waals surface area contributed by atoms with Crippen molar-refractivity contribution in [3.8, 4) is 5.75 Å². The smallest absolute Gasteiger partial charge is 0.300 e. The van der Waals surface area contributed by atoms with Crippen LogP contribution in [0.2, 0.25) is 5.02 Å². The Morgan fingerprint density at radius 1 is 0.921 bits per heavy atom. The number of amides is 1. The number of Topliss-reactive ketones (excluding diaryl/α,β-unsaturated/α-hetero) is 1. The molecule has 0 aliphatic carbocycles. The van der Waals surface area contributed by atoms with E-state index in [0.717, 1.165) is 16.3 Å². The Hall–Kier alpha value is -4.09. The first-order valence-corrected chi connectivity index (χ1v) is 12.7. The molecule has 0 radical (unpaired) electrons. The zero-order valence-corrected chi connectivity index (χ0v) is 22.4. The predicted molar refractivity (Wildman–Crippen MR) is 152 cm³/mol. The summed E-state index contributed by atoms with van der Waals surface area (Å²) in [5.41, 5.74) is 2.68. The van der Waals surface area contributed by atoms with Gasteiger partial charge >= 0.3 is 0 Å². The number of anilines is 1. The van der Waals surface area contributed by atoms with Crippen LogP contribution in [0.3, 0.4) is 0 Å². The molecule has 1 atom stereocenters. The second kappa shape index (κ2) is 9.66. The highest BCUT2D eigenvalue weighted by molar-refractivity contribution is 6.52. The van der Waals surface area contributed by atoms with E-state index in [1.54, 1.807) is 12.1 Å². The van der Waals surface area contributed by atoms with Gasteiger partial charge in [-0.05, 0) is 46.2 Å². The second-order valence-electron chi connectivity index (χ2n) is 10.4. The quantitative estimate of drug-likeness (QED) is 0.171. The minimum atomic E-state index is -0.837. The van der Waals surface area contributed by atoms with Crippen LogP contribution in [-0.2, 0) is 15.0 Å². The van der Waals surface area contributed by atoms with Gasteiger partial charge in [-0.15, -0.1) is 0 Å². The molecule has 1 aliphatic heterocycles. The number of carbonyl (C=O) groups excluding carboxylic acids is 2. The number of benzene rings is 4.